The SMILES string of the molecule is COCC1CCN(C(CN)c2ccc(C3CC3C)o2)CC1. The van der Waals surface area contributed by atoms with Crippen LogP contribution in [0.15, 0.2) is 16.5 Å². The average Bonchev–Trinajstić information content (AvgIpc) is 3.03. The van der Waals surface area contributed by atoms with E-state index in [0.717, 1.165) is 37.1 Å². The van der Waals surface area contributed by atoms with Crippen molar-refractivity contribution in [2.75, 3.05) is 33.4 Å². The van der Waals surface area contributed by atoms with Gasteiger partial charge in [0.05, 0.1) is 6.04 Å². The predicted molar refractivity (Wildman–Crippen MR) is 83.2 cm³/mol. The molecule has 1 saturated heterocycles. The Morgan fingerprint density at radius 3 is 2.67 bits per heavy atom. The molecule has 2 N–H and O–H groups in total. The smallest absolute Gasteiger partial charge is 0.122 e. The lowest BCUT2D eigenvalue weighted by molar-refractivity contribution is 0.0752. The molecular weight excluding hydrogens is 264 g/mol. The molecule has 1 aliphatic carbocycles. The molecule has 118 valence electrons. The standard InChI is InChI=1S/C17H28N2O2/c1-12-9-14(12)16-3-4-17(21-16)15(10-18)19-7-5-13(6-8-19)11-20-2/h3-4,12-15H,5-11,18H2,1-2H3. The third-order valence-corrected chi connectivity index (χ3v) is 5.17. The van der Waals surface area contributed by atoms with Gasteiger partial charge in [0.15, 0.2) is 0 Å². The highest BCUT2D eigenvalue weighted by molar-refractivity contribution is 5.19. The van der Waals surface area contributed by atoms with E-state index in [4.69, 9.17) is 14.9 Å². The van der Waals surface area contributed by atoms with Gasteiger partial charge >= 0.3 is 0 Å². The maximum Gasteiger partial charge on any atom is 0.122 e. The molecule has 21 heavy (non-hydrogen) atoms. The van der Waals surface area contributed by atoms with Gasteiger partial charge < -0.3 is 14.9 Å². The Kier molecular flexibility index (Phi) is 4.67. The van der Waals surface area contributed by atoms with Crippen molar-refractivity contribution in [1.29, 1.82) is 0 Å². The number of furan rings is 1. The quantitative estimate of drug-likeness (QED) is 0.876. The Morgan fingerprint density at radius 1 is 1.38 bits per heavy atom. The molecule has 1 aromatic rings. The number of hydrogen-bond donors (Lipinski definition) is 1. The molecule has 2 fully saturated rings. The van der Waals surface area contributed by atoms with Crippen molar-refractivity contribution in [3.05, 3.63) is 23.7 Å². The molecular formula is C17H28N2O2. The fourth-order valence-electron chi connectivity index (χ4n) is 3.58. The molecule has 4 heteroatoms. The number of hydrogen-bond acceptors (Lipinski definition) is 4. The summed E-state index contributed by atoms with van der Waals surface area (Å²) in [6.45, 7) is 5.97. The number of methoxy groups -OCH3 is 1. The molecule has 3 atom stereocenters. The zero-order valence-corrected chi connectivity index (χ0v) is 13.3. The third kappa shape index (κ3) is 3.33. The maximum absolute atomic E-state index is 6.11. The molecule has 2 heterocycles. The van der Waals surface area contributed by atoms with E-state index in [1.54, 1.807) is 7.11 Å². The summed E-state index contributed by atoms with van der Waals surface area (Å²) in [5.74, 6) is 4.33. The molecule has 1 aliphatic heterocycles. The number of ether oxygens (including phenoxy) is 1. The third-order valence-electron chi connectivity index (χ3n) is 5.17. The van der Waals surface area contributed by atoms with Crippen molar-refractivity contribution in [3.63, 3.8) is 0 Å². The molecule has 1 aromatic heterocycles. The maximum atomic E-state index is 6.11. The van der Waals surface area contributed by atoms with Gasteiger partial charge in [0.1, 0.15) is 11.5 Å². The molecule has 4 nitrogen and oxygen atoms in total. The fraction of sp³-hybridized carbons (Fsp3) is 0.765. The average molecular weight is 292 g/mol. The van der Waals surface area contributed by atoms with Crippen molar-refractivity contribution in [2.24, 2.45) is 17.6 Å². The van der Waals surface area contributed by atoms with E-state index in [1.165, 1.54) is 19.3 Å². The molecule has 0 bridgehead atoms. The Hall–Kier alpha value is -0.840. The van der Waals surface area contributed by atoms with Gasteiger partial charge in [-0.15, -0.1) is 0 Å². The number of nitrogens with zero attached hydrogens (tertiary/aromatic N) is 1. The van der Waals surface area contributed by atoms with E-state index >= 15 is 0 Å². The first-order valence-electron chi connectivity index (χ1n) is 8.25. The summed E-state index contributed by atoms with van der Waals surface area (Å²) in [5.41, 5.74) is 6.03. The Morgan fingerprint density at radius 2 is 2.10 bits per heavy atom. The van der Waals surface area contributed by atoms with Crippen molar-refractivity contribution in [3.8, 4) is 0 Å². The highest BCUT2D eigenvalue weighted by atomic mass is 16.5. The minimum Gasteiger partial charge on any atom is -0.464 e. The van der Waals surface area contributed by atoms with Crippen LogP contribution >= 0.6 is 0 Å². The lowest BCUT2D eigenvalue weighted by atomic mass is 9.96. The first-order chi connectivity index (χ1) is 10.2. The van der Waals surface area contributed by atoms with Crippen LogP contribution in [-0.2, 0) is 4.74 Å². The summed E-state index contributed by atoms with van der Waals surface area (Å²) in [5, 5.41) is 0. The van der Waals surface area contributed by atoms with Crippen LogP contribution < -0.4 is 5.73 Å². The summed E-state index contributed by atoms with van der Waals surface area (Å²) in [6, 6.07) is 4.53. The van der Waals surface area contributed by atoms with Crippen molar-refractivity contribution in [2.45, 2.75) is 38.1 Å². The highest BCUT2D eigenvalue weighted by Gasteiger charge is 2.37. The van der Waals surface area contributed by atoms with E-state index in [2.05, 4.69) is 24.0 Å². The van der Waals surface area contributed by atoms with Crippen LogP contribution in [0.4, 0.5) is 0 Å². The number of piperidine rings is 1. The van der Waals surface area contributed by atoms with E-state index in [1.807, 2.05) is 0 Å². The first kappa shape index (κ1) is 15.1. The van der Waals surface area contributed by atoms with Gasteiger partial charge in [-0.2, -0.15) is 0 Å². The predicted octanol–water partition coefficient (Wildman–Crippen LogP) is 2.76. The van der Waals surface area contributed by atoms with Crippen molar-refractivity contribution in [1.82, 2.24) is 4.90 Å². The van der Waals surface area contributed by atoms with E-state index in [-0.39, 0.29) is 6.04 Å². The van der Waals surface area contributed by atoms with Gasteiger partial charge in [-0.25, -0.2) is 0 Å². The van der Waals surface area contributed by atoms with Crippen LogP contribution in [0, 0.1) is 11.8 Å². The minimum absolute atomic E-state index is 0.233. The zero-order valence-electron chi connectivity index (χ0n) is 13.3. The molecule has 0 radical (unpaired) electrons. The van der Waals surface area contributed by atoms with Gasteiger partial charge in [0.2, 0.25) is 0 Å². The Labute approximate surface area is 127 Å². The molecule has 0 aromatic carbocycles. The van der Waals surface area contributed by atoms with Crippen LogP contribution in [0.25, 0.3) is 0 Å². The fourth-order valence-corrected chi connectivity index (χ4v) is 3.58. The van der Waals surface area contributed by atoms with Crippen LogP contribution in [0.3, 0.4) is 0 Å². The largest absolute Gasteiger partial charge is 0.464 e. The summed E-state index contributed by atoms with van der Waals surface area (Å²) < 4.78 is 11.4. The molecule has 1 saturated carbocycles. The topological polar surface area (TPSA) is 51.6 Å². The number of rotatable bonds is 6. The molecule has 0 amide bonds. The van der Waals surface area contributed by atoms with Gasteiger partial charge in [-0.1, -0.05) is 6.92 Å². The van der Waals surface area contributed by atoms with E-state index in [0.29, 0.717) is 18.4 Å². The number of likely N-dealkylation sites (tertiary alicyclic amines) is 1. The monoisotopic (exact) mass is 292 g/mol. The van der Waals surface area contributed by atoms with Gasteiger partial charge in [-0.3, -0.25) is 4.90 Å². The number of nitrogens with two attached hydrogens (primary N) is 1. The zero-order chi connectivity index (χ0) is 14.8. The van der Waals surface area contributed by atoms with Crippen molar-refractivity contribution < 1.29 is 9.15 Å². The highest BCUT2D eigenvalue weighted by Crippen LogP contribution is 2.47. The summed E-state index contributed by atoms with van der Waals surface area (Å²) in [7, 11) is 1.79. The van der Waals surface area contributed by atoms with Crippen LogP contribution in [-0.4, -0.2) is 38.3 Å². The summed E-state index contributed by atoms with van der Waals surface area (Å²) >= 11 is 0. The summed E-state index contributed by atoms with van der Waals surface area (Å²) in [6.07, 6.45) is 3.65. The van der Waals surface area contributed by atoms with Gasteiger partial charge in [0.25, 0.3) is 0 Å². The minimum atomic E-state index is 0.233. The van der Waals surface area contributed by atoms with E-state index in [9.17, 15) is 0 Å². The second-order valence-electron chi connectivity index (χ2n) is 6.75. The van der Waals surface area contributed by atoms with Crippen LogP contribution in [0.5, 0.6) is 0 Å². The Balaban J connectivity index is 1.61. The normalized spacial score (nSPS) is 28.7. The lowest BCUT2D eigenvalue weighted by Crippen LogP contribution is -2.40. The molecule has 3 rings (SSSR count). The second-order valence-corrected chi connectivity index (χ2v) is 6.75. The van der Waals surface area contributed by atoms with Gasteiger partial charge in [0, 0.05) is 26.2 Å². The molecule has 3 unspecified atom stereocenters. The lowest BCUT2D eigenvalue weighted by Gasteiger charge is -2.36. The Bertz CT molecular complexity index is 451. The first-order valence-corrected chi connectivity index (χ1v) is 8.25. The van der Waals surface area contributed by atoms with Gasteiger partial charge in [-0.05, 0) is 56.3 Å². The second kappa shape index (κ2) is 6.51. The molecule has 0 spiro atoms. The van der Waals surface area contributed by atoms with E-state index < -0.39 is 0 Å². The van der Waals surface area contributed by atoms with Crippen molar-refractivity contribution >= 4 is 0 Å². The molecule has 2 aliphatic rings. The van der Waals surface area contributed by atoms with Crippen LogP contribution in [0.1, 0.15) is 49.7 Å². The van der Waals surface area contributed by atoms with Crippen LogP contribution in [0.2, 0.25) is 0 Å². The summed E-state index contributed by atoms with van der Waals surface area (Å²) in [4.78, 5) is 2.48.